The Balaban J connectivity index is 1.74. The molecule has 2 aromatic carbocycles. The van der Waals surface area contributed by atoms with Gasteiger partial charge >= 0.3 is 0 Å². The molecule has 1 aliphatic carbocycles. The number of hydrogen-bond acceptors (Lipinski definition) is 3. The van der Waals surface area contributed by atoms with Crippen LogP contribution in [0.2, 0.25) is 0 Å². The van der Waals surface area contributed by atoms with Gasteiger partial charge in [-0.15, -0.1) is 0 Å². The third-order valence-corrected chi connectivity index (χ3v) is 7.33. The molecule has 0 spiro atoms. The van der Waals surface area contributed by atoms with Crippen molar-refractivity contribution in [2.75, 3.05) is 67.8 Å². The van der Waals surface area contributed by atoms with Gasteiger partial charge in [0.1, 0.15) is 0 Å². The van der Waals surface area contributed by atoms with Crippen LogP contribution in [-0.2, 0) is 19.6 Å². The van der Waals surface area contributed by atoms with E-state index in [0.717, 1.165) is 17.5 Å². The van der Waals surface area contributed by atoms with Gasteiger partial charge in [0.25, 0.3) is 0 Å². The molecule has 3 rings (SSSR count). The molecular weight excluding hydrogens is 434 g/mol. The quantitative estimate of drug-likeness (QED) is 0.208. The van der Waals surface area contributed by atoms with Gasteiger partial charge in [-0.1, -0.05) is 60.4 Å². The second-order valence-corrected chi connectivity index (χ2v) is 11.3. The Hall–Kier alpha value is -1.72. The predicted octanol–water partition coefficient (Wildman–Crippen LogP) is 6.30. The van der Waals surface area contributed by atoms with E-state index in [-0.39, 0.29) is 5.41 Å². The SMILES string of the molecule is COCCOCCOCCC1(CCCCCC[N+](C)(C)C)c2cc(C)ccc2-c2ccc(C)cc21. The molecule has 0 atom stereocenters. The van der Waals surface area contributed by atoms with Crippen LogP contribution in [0.5, 0.6) is 0 Å². The van der Waals surface area contributed by atoms with E-state index in [4.69, 9.17) is 14.2 Å². The molecule has 2 aromatic rings. The smallest absolute Gasteiger partial charge is 0.0780 e. The number of benzene rings is 2. The minimum atomic E-state index is 0.0275. The summed E-state index contributed by atoms with van der Waals surface area (Å²) in [6.45, 7) is 8.93. The first-order valence-electron chi connectivity index (χ1n) is 13.4. The average Bonchev–Trinajstić information content (AvgIpc) is 3.06. The maximum atomic E-state index is 6.11. The van der Waals surface area contributed by atoms with E-state index in [2.05, 4.69) is 71.4 Å². The van der Waals surface area contributed by atoms with Crippen LogP contribution < -0.4 is 0 Å². The fraction of sp³-hybridized carbons (Fsp3) is 0.613. The number of unbranched alkanes of at least 4 members (excludes halogenated alkanes) is 3. The Labute approximate surface area is 214 Å². The highest BCUT2D eigenvalue weighted by atomic mass is 16.5. The van der Waals surface area contributed by atoms with E-state index in [1.54, 1.807) is 7.11 Å². The molecule has 0 aliphatic heterocycles. The van der Waals surface area contributed by atoms with Crippen molar-refractivity contribution in [1.82, 2.24) is 0 Å². The highest BCUT2D eigenvalue weighted by Crippen LogP contribution is 2.53. The fourth-order valence-electron chi connectivity index (χ4n) is 5.46. The summed E-state index contributed by atoms with van der Waals surface area (Å²) in [5.41, 5.74) is 8.55. The first-order valence-corrected chi connectivity index (χ1v) is 13.4. The Morgan fingerprint density at radius 1 is 0.657 bits per heavy atom. The van der Waals surface area contributed by atoms with E-state index in [1.165, 1.54) is 72.0 Å². The standard InChI is InChI=1S/C31H48NO3/c1-25-11-13-27-28-14-12-26(2)24-30(28)31(29(27)23-25,15-9-7-8-10-17-32(3,4)5)16-18-34-21-22-35-20-19-33-6/h11-14,23-24H,7-10,15-22H2,1-6H3/q+1. The summed E-state index contributed by atoms with van der Waals surface area (Å²) in [7, 11) is 8.56. The number of ether oxygens (including phenoxy) is 3. The molecule has 0 saturated carbocycles. The van der Waals surface area contributed by atoms with Gasteiger partial charge in [0.15, 0.2) is 0 Å². The zero-order valence-electron chi connectivity index (χ0n) is 23.1. The van der Waals surface area contributed by atoms with Crippen molar-refractivity contribution < 1.29 is 18.7 Å². The van der Waals surface area contributed by atoms with Crippen molar-refractivity contribution in [2.45, 2.75) is 57.8 Å². The lowest BCUT2D eigenvalue weighted by Gasteiger charge is -2.33. The Morgan fingerprint density at radius 2 is 1.20 bits per heavy atom. The summed E-state index contributed by atoms with van der Waals surface area (Å²) in [5, 5.41) is 0. The lowest BCUT2D eigenvalue weighted by molar-refractivity contribution is -0.870. The van der Waals surface area contributed by atoms with Crippen LogP contribution in [0.15, 0.2) is 36.4 Å². The summed E-state index contributed by atoms with van der Waals surface area (Å²) in [6.07, 6.45) is 7.33. The maximum absolute atomic E-state index is 6.11. The van der Waals surface area contributed by atoms with Crippen LogP contribution >= 0.6 is 0 Å². The van der Waals surface area contributed by atoms with Gasteiger partial charge < -0.3 is 18.7 Å². The highest BCUT2D eigenvalue weighted by Gasteiger charge is 2.42. The summed E-state index contributed by atoms with van der Waals surface area (Å²) in [6, 6.07) is 14.1. The van der Waals surface area contributed by atoms with Gasteiger partial charge in [0.2, 0.25) is 0 Å². The number of aryl methyl sites for hydroxylation is 2. The first kappa shape index (κ1) is 27.9. The maximum Gasteiger partial charge on any atom is 0.0780 e. The van der Waals surface area contributed by atoms with E-state index < -0.39 is 0 Å². The largest absolute Gasteiger partial charge is 0.382 e. The molecule has 4 heteroatoms. The third-order valence-electron chi connectivity index (χ3n) is 7.33. The fourth-order valence-corrected chi connectivity index (χ4v) is 5.46. The molecule has 0 bridgehead atoms. The van der Waals surface area contributed by atoms with Gasteiger partial charge in [-0.25, -0.2) is 0 Å². The summed E-state index contributed by atoms with van der Waals surface area (Å²) in [5.74, 6) is 0. The molecule has 35 heavy (non-hydrogen) atoms. The normalized spacial score (nSPS) is 14.2. The van der Waals surface area contributed by atoms with Crippen molar-refractivity contribution in [1.29, 1.82) is 0 Å². The predicted molar refractivity (Wildman–Crippen MR) is 146 cm³/mol. The zero-order chi connectivity index (χ0) is 25.3. The van der Waals surface area contributed by atoms with E-state index >= 15 is 0 Å². The molecule has 4 nitrogen and oxygen atoms in total. The van der Waals surface area contributed by atoms with E-state index in [0.29, 0.717) is 26.4 Å². The molecule has 0 unspecified atom stereocenters. The topological polar surface area (TPSA) is 27.7 Å². The van der Waals surface area contributed by atoms with Gasteiger partial charge in [0.05, 0.1) is 54.1 Å². The molecule has 194 valence electrons. The summed E-state index contributed by atoms with van der Waals surface area (Å²) >= 11 is 0. The molecular formula is C31H48NO3+. The molecule has 0 aromatic heterocycles. The van der Waals surface area contributed by atoms with E-state index in [9.17, 15) is 0 Å². The van der Waals surface area contributed by atoms with Gasteiger partial charge in [0, 0.05) is 19.1 Å². The third kappa shape index (κ3) is 7.63. The lowest BCUT2D eigenvalue weighted by atomic mass is 9.71. The van der Waals surface area contributed by atoms with Crippen LogP contribution in [0.3, 0.4) is 0 Å². The number of methoxy groups -OCH3 is 1. The minimum absolute atomic E-state index is 0.0275. The number of fused-ring (bicyclic) bond motifs is 3. The Kier molecular flexibility index (Phi) is 10.4. The number of nitrogens with zero attached hydrogens (tertiary/aromatic N) is 1. The average molecular weight is 483 g/mol. The van der Waals surface area contributed by atoms with Crippen LogP contribution in [-0.4, -0.2) is 72.3 Å². The van der Waals surface area contributed by atoms with Gasteiger partial charge in [-0.05, 0) is 61.8 Å². The van der Waals surface area contributed by atoms with Crippen LogP contribution in [0.4, 0.5) is 0 Å². The van der Waals surface area contributed by atoms with E-state index in [1.807, 2.05) is 0 Å². The Bertz CT molecular complexity index is 880. The lowest BCUT2D eigenvalue weighted by Crippen LogP contribution is -2.35. The second kappa shape index (κ2) is 13.0. The van der Waals surface area contributed by atoms with Crippen LogP contribution in [0, 0.1) is 13.8 Å². The minimum Gasteiger partial charge on any atom is -0.382 e. The molecule has 0 heterocycles. The van der Waals surface area contributed by atoms with Gasteiger partial charge in [-0.2, -0.15) is 0 Å². The van der Waals surface area contributed by atoms with Crippen molar-refractivity contribution >= 4 is 0 Å². The number of quaternary nitrogens is 1. The molecule has 0 fully saturated rings. The van der Waals surface area contributed by atoms with Crippen LogP contribution in [0.25, 0.3) is 11.1 Å². The Morgan fingerprint density at radius 3 is 1.77 bits per heavy atom. The zero-order valence-corrected chi connectivity index (χ0v) is 23.1. The molecule has 1 aliphatic rings. The van der Waals surface area contributed by atoms with Crippen LogP contribution in [0.1, 0.15) is 60.8 Å². The molecule has 0 radical (unpaired) electrons. The summed E-state index contributed by atoms with van der Waals surface area (Å²) < 4.78 is 17.8. The molecule has 0 amide bonds. The van der Waals surface area contributed by atoms with Crippen molar-refractivity contribution in [3.63, 3.8) is 0 Å². The molecule has 0 saturated heterocycles. The van der Waals surface area contributed by atoms with Crippen molar-refractivity contribution in [2.24, 2.45) is 0 Å². The first-order chi connectivity index (χ1) is 16.8. The molecule has 0 N–H and O–H groups in total. The highest BCUT2D eigenvalue weighted by molar-refractivity contribution is 5.81. The monoisotopic (exact) mass is 482 g/mol. The van der Waals surface area contributed by atoms with Crippen molar-refractivity contribution in [3.8, 4) is 11.1 Å². The van der Waals surface area contributed by atoms with Crippen molar-refractivity contribution in [3.05, 3.63) is 58.7 Å². The summed E-state index contributed by atoms with van der Waals surface area (Å²) in [4.78, 5) is 0. The van der Waals surface area contributed by atoms with Gasteiger partial charge in [-0.3, -0.25) is 0 Å². The second-order valence-electron chi connectivity index (χ2n) is 11.3. The number of hydrogen-bond donors (Lipinski definition) is 0. The number of rotatable bonds is 16.